The van der Waals surface area contributed by atoms with Crippen LogP contribution in [0.1, 0.15) is 27.8 Å². The summed E-state index contributed by atoms with van der Waals surface area (Å²) in [7, 11) is 1.60. The van der Waals surface area contributed by atoms with Crippen molar-refractivity contribution in [2.45, 2.75) is 0 Å². The fourth-order valence-corrected chi connectivity index (χ4v) is 2.57. The second-order valence-corrected chi connectivity index (χ2v) is 6.19. The van der Waals surface area contributed by atoms with E-state index in [4.69, 9.17) is 14.7 Å². The average molecular weight is 367 g/mol. The molecule has 0 N–H and O–H groups in total. The highest BCUT2D eigenvalue weighted by Crippen LogP contribution is 2.16. The first-order chi connectivity index (χ1) is 13.8. The van der Waals surface area contributed by atoms with Crippen LogP contribution >= 0.6 is 0 Å². The molecule has 28 heavy (non-hydrogen) atoms. The van der Waals surface area contributed by atoms with Crippen molar-refractivity contribution in [3.63, 3.8) is 0 Å². The van der Waals surface area contributed by atoms with Gasteiger partial charge < -0.3 is 9.47 Å². The van der Waals surface area contributed by atoms with Crippen LogP contribution in [0.3, 0.4) is 0 Å². The summed E-state index contributed by atoms with van der Waals surface area (Å²) >= 11 is 0. The lowest BCUT2D eigenvalue weighted by atomic mass is 10.1. The normalized spacial score (nSPS) is 11.0. The minimum absolute atomic E-state index is 0.251. The Morgan fingerprint density at radius 1 is 0.679 bits per heavy atom. The van der Waals surface area contributed by atoms with Crippen LogP contribution in [-0.4, -0.2) is 13.9 Å². The largest absolute Gasteiger partial charge is 0.468 e. The number of hydrogen-bond acceptors (Lipinski definition) is 3. The molecule has 0 heterocycles. The number of ether oxygens (including phenoxy) is 2. The van der Waals surface area contributed by atoms with Crippen molar-refractivity contribution < 1.29 is 9.47 Å². The third-order valence-electron chi connectivity index (χ3n) is 4.14. The molecule has 0 spiro atoms. The summed E-state index contributed by atoms with van der Waals surface area (Å²) in [5.41, 5.74) is 5.11. The first kappa shape index (κ1) is 19.2. The van der Waals surface area contributed by atoms with Gasteiger partial charge in [-0.25, -0.2) is 0 Å². The van der Waals surface area contributed by atoms with Gasteiger partial charge in [0.2, 0.25) is 0 Å². The Balaban J connectivity index is 1.59. The summed E-state index contributed by atoms with van der Waals surface area (Å²) in [6, 6.07) is 25.9. The number of nitriles is 1. The molecule has 3 nitrogen and oxygen atoms in total. The summed E-state index contributed by atoms with van der Waals surface area (Å²) in [5, 5.41) is 8.84. The maximum absolute atomic E-state index is 8.84. The summed E-state index contributed by atoms with van der Waals surface area (Å²) in [6.45, 7) is 0.251. The molecule has 0 aliphatic heterocycles. The van der Waals surface area contributed by atoms with E-state index in [1.807, 2.05) is 54.6 Å². The maximum atomic E-state index is 8.84. The Bertz CT molecular complexity index is 977. The summed E-state index contributed by atoms with van der Waals surface area (Å²) < 4.78 is 10.3. The van der Waals surface area contributed by atoms with Crippen molar-refractivity contribution in [2.75, 3.05) is 13.9 Å². The number of benzene rings is 3. The molecule has 0 amide bonds. The Labute approximate surface area is 165 Å². The van der Waals surface area contributed by atoms with Gasteiger partial charge in [-0.2, -0.15) is 5.26 Å². The van der Waals surface area contributed by atoms with Gasteiger partial charge in [0, 0.05) is 7.11 Å². The molecule has 0 saturated heterocycles. The molecular weight excluding hydrogens is 346 g/mol. The van der Waals surface area contributed by atoms with Gasteiger partial charge in [-0.3, -0.25) is 0 Å². The molecule has 0 unspecified atom stereocenters. The molecule has 3 aromatic carbocycles. The van der Waals surface area contributed by atoms with Crippen molar-refractivity contribution in [1.82, 2.24) is 0 Å². The van der Waals surface area contributed by atoms with Gasteiger partial charge in [-0.1, -0.05) is 72.8 Å². The summed E-state index contributed by atoms with van der Waals surface area (Å²) in [4.78, 5) is 0. The SMILES string of the molecule is COCOc1ccc(/C=C/c2ccc(/C=C/c3ccc(C#N)cc3)cc2)cc1. The fourth-order valence-electron chi connectivity index (χ4n) is 2.57. The van der Waals surface area contributed by atoms with Gasteiger partial charge in [0.15, 0.2) is 6.79 Å². The minimum atomic E-state index is 0.251. The number of hydrogen-bond donors (Lipinski definition) is 0. The van der Waals surface area contributed by atoms with Crippen LogP contribution in [-0.2, 0) is 4.74 Å². The molecule has 0 bridgehead atoms. The molecule has 0 atom stereocenters. The van der Waals surface area contributed by atoms with Crippen LogP contribution in [0, 0.1) is 11.3 Å². The van der Waals surface area contributed by atoms with E-state index in [9.17, 15) is 0 Å². The van der Waals surface area contributed by atoms with E-state index in [0.717, 1.165) is 28.0 Å². The summed E-state index contributed by atoms with van der Waals surface area (Å²) in [6.07, 6.45) is 8.26. The van der Waals surface area contributed by atoms with Gasteiger partial charge in [0.1, 0.15) is 5.75 Å². The van der Waals surface area contributed by atoms with Crippen LogP contribution in [0.2, 0.25) is 0 Å². The van der Waals surface area contributed by atoms with E-state index in [0.29, 0.717) is 5.56 Å². The molecule has 0 aromatic heterocycles. The van der Waals surface area contributed by atoms with E-state index < -0.39 is 0 Å². The zero-order chi connectivity index (χ0) is 19.6. The lowest BCUT2D eigenvalue weighted by molar-refractivity contribution is 0.0511. The molecule has 3 heteroatoms. The molecule has 0 saturated carbocycles. The van der Waals surface area contributed by atoms with Crippen molar-refractivity contribution in [3.05, 3.63) is 101 Å². The van der Waals surface area contributed by atoms with Gasteiger partial charge in [0.25, 0.3) is 0 Å². The molecule has 0 aliphatic carbocycles. The van der Waals surface area contributed by atoms with Gasteiger partial charge in [-0.15, -0.1) is 0 Å². The maximum Gasteiger partial charge on any atom is 0.188 e. The number of rotatable bonds is 7. The molecule has 138 valence electrons. The van der Waals surface area contributed by atoms with Crippen LogP contribution in [0.15, 0.2) is 72.8 Å². The smallest absolute Gasteiger partial charge is 0.188 e. The Morgan fingerprint density at radius 3 is 1.46 bits per heavy atom. The average Bonchev–Trinajstić information content (AvgIpc) is 2.76. The first-order valence-corrected chi connectivity index (χ1v) is 8.95. The fraction of sp³-hybridized carbons (Fsp3) is 0.0800. The van der Waals surface area contributed by atoms with Crippen molar-refractivity contribution >= 4 is 24.3 Å². The summed E-state index contributed by atoms with van der Waals surface area (Å²) in [5.74, 6) is 0.789. The third-order valence-corrected chi connectivity index (χ3v) is 4.14. The van der Waals surface area contributed by atoms with E-state index in [2.05, 4.69) is 48.6 Å². The van der Waals surface area contributed by atoms with Crippen LogP contribution in [0.4, 0.5) is 0 Å². The molecule has 0 fully saturated rings. The van der Waals surface area contributed by atoms with Crippen LogP contribution in [0.25, 0.3) is 24.3 Å². The van der Waals surface area contributed by atoms with Gasteiger partial charge in [0.05, 0.1) is 11.6 Å². The third kappa shape index (κ3) is 5.70. The van der Waals surface area contributed by atoms with Gasteiger partial charge in [-0.05, 0) is 46.5 Å². The second kappa shape index (κ2) is 9.91. The number of methoxy groups -OCH3 is 1. The van der Waals surface area contributed by atoms with Crippen molar-refractivity contribution in [1.29, 1.82) is 5.26 Å². The zero-order valence-corrected chi connectivity index (χ0v) is 15.7. The molecule has 3 rings (SSSR count). The lowest BCUT2D eigenvalue weighted by Gasteiger charge is -2.04. The highest BCUT2D eigenvalue weighted by Gasteiger charge is 1.94. The predicted octanol–water partition coefficient (Wildman–Crippen LogP) is 5.88. The Hall–Kier alpha value is -3.61. The minimum Gasteiger partial charge on any atom is -0.468 e. The molecule has 3 aromatic rings. The first-order valence-electron chi connectivity index (χ1n) is 8.95. The molecule has 0 aliphatic rings. The monoisotopic (exact) mass is 367 g/mol. The molecule has 0 radical (unpaired) electrons. The van der Waals surface area contributed by atoms with E-state index >= 15 is 0 Å². The van der Waals surface area contributed by atoms with Gasteiger partial charge >= 0.3 is 0 Å². The van der Waals surface area contributed by atoms with Crippen LogP contribution < -0.4 is 4.74 Å². The van der Waals surface area contributed by atoms with Crippen molar-refractivity contribution in [2.24, 2.45) is 0 Å². The van der Waals surface area contributed by atoms with E-state index in [1.54, 1.807) is 7.11 Å². The van der Waals surface area contributed by atoms with E-state index in [-0.39, 0.29) is 6.79 Å². The van der Waals surface area contributed by atoms with Crippen molar-refractivity contribution in [3.8, 4) is 11.8 Å². The number of nitrogens with zero attached hydrogens (tertiary/aromatic N) is 1. The highest BCUT2D eigenvalue weighted by atomic mass is 16.7. The molecular formula is C25H21NO2. The Morgan fingerprint density at radius 2 is 1.07 bits per heavy atom. The lowest BCUT2D eigenvalue weighted by Crippen LogP contribution is -1.98. The van der Waals surface area contributed by atoms with Crippen LogP contribution in [0.5, 0.6) is 5.75 Å². The quantitative estimate of drug-likeness (QED) is 0.387. The van der Waals surface area contributed by atoms with E-state index in [1.165, 1.54) is 0 Å². The second-order valence-electron chi connectivity index (χ2n) is 6.19. The zero-order valence-electron chi connectivity index (χ0n) is 15.7. The predicted molar refractivity (Wildman–Crippen MR) is 114 cm³/mol. The topological polar surface area (TPSA) is 42.2 Å². The highest BCUT2D eigenvalue weighted by molar-refractivity contribution is 5.73. The standard InChI is InChI=1S/C25H21NO2/c1-27-19-28-25-16-14-23(15-17-25)9-8-21-4-2-20(3-5-21)6-7-22-10-12-24(18-26)13-11-22/h2-17H,19H2,1H3/b7-6+,9-8+. The Kier molecular flexibility index (Phi) is 6.78.